The standard InChI is InChI=1S/C16H9Cl2FN2OS/c17-11-2-1-3-12(14(11)18)20-16-21-15(22)13(23-16)8-9-4-6-10(19)7-5-9/h1-8H,(H,20,21,22)/b13-8-. The number of carbonyl (C=O) groups is 1. The first-order chi connectivity index (χ1) is 11.0. The van der Waals surface area contributed by atoms with E-state index in [9.17, 15) is 9.18 Å². The van der Waals surface area contributed by atoms with Gasteiger partial charge in [0, 0.05) is 0 Å². The van der Waals surface area contributed by atoms with Gasteiger partial charge in [0.25, 0.3) is 5.91 Å². The van der Waals surface area contributed by atoms with E-state index >= 15 is 0 Å². The number of amides is 1. The van der Waals surface area contributed by atoms with Crippen LogP contribution in [0.1, 0.15) is 5.56 Å². The Labute approximate surface area is 146 Å². The van der Waals surface area contributed by atoms with Crippen LogP contribution in [0.5, 0.6) is 0 Å². The summed E-state index contributed by atoms with van der Waals surface area (Å²) in [5.41, 5.74) is 1.20. The van der Waals surface area contributed by atoms with Crippen LogP contribution in [-0.4, -0.2) is 11.1 Å². The van der Waals surface area contributed by atoms with E-state index in [0.717, 1.165) is 5.56 Å². The molecule has 1 aliphatic rings. The summed E-state index contributed by atoms with van der Waals surface area (Å²) in [4.78, 5) is 16.8. The summed E-state index contributed by atoms with van der Waals surface area (Å²) in [6.45, 7) is 0. The van der Waals surface area contributed by atoms with E-state index in [1.807, 2.05) is 0 Å². The van der Waals surface area contributed by atoms with E-state index in [2.05, 4.69) is 10.3 Å². The van der Waals surface area contributed by atoms with Gasteiger partial charge in [-0.25, -0.2) is 9.38 Å². The molecule has 1 saturated heterocycles. The van der Waals surface area contributed by atoms with Crippen molar-refractivity contribution in [2.75, 3.05) is 0 Å². The summed E-state index contributed by atoms with van der Waals surface area (Å²) < 4.78 is 12.9. The van der Waals surface area contributed by atoms with Crippen LogP contribution in [-0.2, 0) is 4.79 Å². The molecule has 3 rings (SSSR count). The molecule has 0 spiro atoms. The second-order valence-electron chi connectivity index (χ2n) is 4.61. The first-order valence-corrected chi connectivity index (χ1v) is 8.09. The van der Waals surface area contributed by atoms with Gasteiger partial charge in [0.1, 0.15) is 5.82 Å². The minimum atomic E-state index is -0.325. The molecule has 0 aliphatic carbocycles. The molecule has 23 heavy (non-hydrogen) atoms. The molecule has 1 aliphatic heterocycles. The minimum Gasteiger partial charge on any atom is -0.300 e. The zero-order valence-corrected chi connectivity index (χ0v) is 13.8. The zero-order chi connectivity index (χ0) is 16.4. The molecule has 3 nitrogen and oxygen atoms in total. The molecule has 1 fully saturated rings. The first-order valence-electron chi connectivity index (χ1n) is 6.52. The molecule has 0 radical (unpaired) electrons. The second-order valence-corrected chi connectivity index (χ2v) is 6.42. The molecule has 0 aromatic heterocycles. The molecular formula is C16H9Cl2FN2OS. The van der Waals surface area contributed by atoms with Gasteiger partial charge in [0.05, 0.1) is 20.6 Å². The quantitative estimate of drug-likeness (QED) is 0.757. The van der Waals surface area contributed by atoms with E-state index in [0.29, 0.717) is 25.8 Å². The Bertz CT molecular complexity index is 834. The van der Waals surface area contributed by atoms with Gasteiger partial charge in [0.2, 0.25) is 0 Å². The maximum atomic E-state index is 12.9. The predicted molar refractivity (Wildman–Crippen MR) is 93.7 cm³/mol. The van der Waals surface area contributed by atoms with Crippen LogP contribution in [0, 0.1) is 5.82 Å². The van der Waals surface area contributed by atoms with E-state index in [1.165, 1.54) is 23.9 Å². The molecule has 2 aromatic rings. The average molecular weight is 367 g/mol. The van der Waals surface area contributed by atoms with Crippen molar-refractivity contribution in [3.8, 4) is 0 Å². The molecule has 1 amide bonds. The van der Waals surface area contributed by atoms with Gasteiger partial charge in [-0.2, -0.15) is 0 Å². The number of benzene rings is 2. The lowest BCUT2D eigenvalue weighted by atomic mass is 10.2. The highest BCUT2D eigenvalue weighted by molar-refractivity contribution is 8.18. The number of thioether (sulfide) groups is 1. The van der Waals surface area contributed by atoms with E-state index in [1.54, 1.807) is 36.4 Å². The third-order valence-electron chi connectivity index (χ3n) is 2.97. The van der Waals surface area contributed by atoms with Gasteiger partial charge in [-0.15, -0.1) is 0 Å². The highest BCUT2D eigenvalue weighted by Gasteiger charge is 2.24. The molecular weight excluding hydrogens is 358 g/mol. The number of carbonyl (C=O) groups excluding carboxylic acids is 1. The van der Waals surface area contributed by atoms with Crippen molar-refractivity contribution in [2.24, 2.45) is 4.99 Å². The van der Waals surface area contributed by atoms with Crippen molar-refractivity contribution in [3.05, 3.63) is 68.8 Å². The van der Waals surface area contributed by atoms with Crippen molar-refractivity contribution in [3.63, 3.8) is 0 Å². The number of aliphatic imine (C=N–C) groups is 1. The highest BCUT2D eigenvalue weighted by atomic mass is 35.5. The summed E-state index contributed by atoms with van der Waals surface area (Å²) in [6, 6.07) is 11.0. The largest absolute Gasteiger partial charge is 0.300 e. The number of nitrogens with zero attached hydrogens (tertiary/aromatic N) is 1. The van der Waals surface area contributed by atoms with Crippen LogP contribution < -0.4 is 5.32 Å². The highest BCUT2D eigenvalue weighted by Crippen LogP contribution is 2.34. The second kappa shape index (κ2) is 6.74. The summed E-state index contributed by atoms with van der Waals surface area (Å²) >= 11 is 13.2. The predicted octanol–water partition coefficient (Wildman–Crippen LogP) is 5.02. The lowest BCUT2D eigenvalue weighted by Crippen LogP contribution is -2.19. The average Bonchev–Trinajstić information content (AvgIpc) is 2.86. The summed E-state index contributed by atoms with van der Waals surface area (Å²) in [6.07, 6.45) is 1.67. The first kappa shape index (κ1) is 16.1. The molecule has 7 heteroatoms. The third-order valence-corrected chi connectivity index (χ3v) is 4.69. The van der Waals surface area contributed by atoms with Crippen molar-refractivity contribution < 1.29 is 9.18 Å². The Balaban J connectivity index is 1.86. The van der Waals surface area contributed by atoms with Gasteiger partial charge in [-0.1, -0.05) is 41.4 Å². The topological polar surface area (TPSA) is 41.5 Å². The van der Waals surface area contributed by atoms with Gasteiger partial charge < -0.3 is 5.32 Å². The number of rotatable bonds is 2. The Morgan fingerprint density at radius 1 is 1.13 bits per heavy atom. The van der Waals surface area contributed by atoms with Crippen LogP contribution in [0.4, 0.5) is 10.1 Å². The fourth-order valence-corrected chi connectivity index (χ4v) is 3.05. The van der Waals surface area contributed by atoms with Gasteiger partial charge >= 0.3 is 0 Å². The Morgan fingerprint density at radius 2 is 1.87 bits per heavy atom. The van der Waals surface area contributed by atoms with Gasteiger partial charge in [0.15, 0.2) is 5.17 Å². The monoisotopic (exact) mass is 366 g/mol. The lowest BCUT2D eigenvalue weighted by Gasteiger charge is -2.00. The van der Waals surface area contributed by atoms with Crippen molar-refractivity contribution in [1.82, 2.24) is 5.32 Å². The Kier molecular flexibility index (Phi) is 4.71. The molecule has 0 saturated carbocycles. The molecule has 116 valence electrons. The molecule has 1 heterocycles. The van der Waals surface area contributed by atoms with Crippen LogP contribution in [0.15, 0.2) is 52.4 Å². The SMILES string of the molecule is O=C1NC(=Nc2cccc(Cl)c2Cl)S/C1=C\c1ccc(F)cc1. The normalized spacial score (nSPS) is 17.8. The molecule has 0 unspecified atom stereocenters. The minimum absolute atomic E-state index is 0.267. The van der Waals surface area contributed by atoms with Crippen molar-refractivity contribution in [2.45, 2.75) is 0 Å². The van der Waals surface area contributed by atoms with E-state index < -0.39 is 0 Å². The maximum Gasteiger partial charge on any atom is 0.264 e. The summed E-state index contributed by atoms with van der Waals surface area (Å²) in [7, 11) is 0. The van der Waals surface area contributed by atoms with Gasteiger partial charge in [-0.05, 0) is 47.7 Å². The van der Waals surface area contributed by atoms with Crippen molar-refractivity contribution in [1.29, 1.82) is 0 Å². The number of hydrogen-bond acceptors (Lipinski definition) is 3. The van der Waals surface area contributed by atoms with Crippen LogP contribution in [0.25, 0.3) is 6.08 Å². The number of hydrogen-bond donors (Lipinski definition) is 1. The molecule has 2 aromatic carbocycles. The molecule has 0 bridgehead atoms. The molecule has 1 N–H and O–H groups in total. The van der Waals surface area contributed by atoms with E-state index in [4.69, 9.17) is 23.2 Å². The Morgan fingerprint density at radius 3 is 2.61 bits per heavy atom. The fraction of sp³-hybridized carbons (Fsp3) is 0. The smallest absolute Gasteiger partial charge is 0.264 e. The number of nitrogens with one attached hydrogen (secondary N) is 1. The van der Waals surface area contributed by atoms with Crippen LogP contribution in [0.3, 0.4) is 0 Å². The lowest BCUT2D eigenvalue weighted by molar-refractivity contribution is -0.115. The number of amidine groups is 1. The Hall–Kier alpha value is -1.82. The van der Waals surface area contributed by atoms with Crippen molar-refractivity contribution >= 4 is 57.8 Å². The fourth-order valence-electron chi connectivity index (χ4n) is 1.88. The van der Waals surface area contributed by atoms with Crippen LogP contribution in [0.2, 0.25) is 10.0 Å². The van der Waals surface area contributed by atoms with Gasteiger partial charge in [-0.3, -0.25) is 4.79 Å². The van der Waals surface area contributed by atoms with Crippen LogP contribution >= 0.6 is 35.0 Å². The molecule has 0 atom stereocenters. The summed E-state index contributed by atoms with van der Waals surface area (Å²) in [5, 5.41) is 3.79. The zero-order valence-electron chi connectivity index (χ0n) is 11.5. The number of halogens is 3. The van der Waals surface area contributed by atoms with E-state index in [-0.39, 0.29) is 11.7 Å². The third kappa shape index (κ3) is 3.75. The maximum absolute atomic E-state index is 12.9. The summed E-state index contributed by atoms with van der Waals surface area (Å²) in [5.74, 6) is -0.593.